The van der Waals surface area contributed by atoms with Crippen LogP contribution in [0.25, 0.3) is 32.7 Å². The normalized spacial score (nSPS) is 12.3. The van der Waals surface area contributed by atoms with Crippen LogP contribution in [0.15, 0.2) is 52.6 Å². The van der Waals surface area contributed by atoms with Crippen molar-refractivity contribution in [3.05, 3.63) is 74.9 Å². The molecule has 6 heteroatoms. The number of nitrogens with two attached hydrogens (primary N) is 1. The minimum absolute atomic E-state index is 0.251. The van der Waals surface area contributed by atoms with Crippen molar-refractivity contribution in [3.8, 4) is 22.5 Å². The van der Waals surface area contributed by atoms with Gasteiger partial charge in [0.05, 0.1) is 5.39 Å². The Labute approximate surface area is 178 Å². The van der Waals surface area contributed by atoms with Crippen molar-refractivity contribution in [2.75, 3.05) is 0 Å². The van der Waals surface area contributed by atoms with Crippen LogP contribution in [0.4, 0.5) is 0 Å². The van der Waals surface area contributed by atoms with E-state index in [2.05, 4.69) is 6.07 Å². The first-order chi connectivity index (χ1) is 14.3. The van der Waals surface area contributed by atoms with Crippen molar-refractivity contribution in [1.29, 1.82) is 0 Å². The third-order valence-electron chi connectivity index (χ3n) is 5.39. The monoisotopic (exact) mass is 417 g/mol. The number of aromatic nitrogens is 2. The Morgan fingerprint density at radius 3 is 2.47 bits per heavy atom. The van der Waals surface area contributed by atoms with Crippen LogP contribution in [0.2, 0.25) is 0 Å². The van der Waals surface area contributed by atoms with Gasteiger partial charge in [-0.2, -0.15) is 0 Å². The summed E-state index contributed by atoms with van der Waals surface area (Å²) in [5.41, 5.74) is 11.3. The summed E-state index contributed by atoms with van der Waals surface area (Å²) in [5.74, 6) is -0.119. The number of hydrogen-bond donors (Lipinski definition) is 1. The topological polar surface area (TPSA) is 78.0 Å². The van der Waals surface area contributed by atoms with E-state index in [-0.39, 0.29) is 5.56 Å². The molecule has 1 amide bonds. The van der Waals surface area contributed by atoms with Crippen LogP contribution in [0, 0.1) is 20.8 Å². The summed E-state index contributed by atoms with van der Waals surface area (Å²) in [7, 11) is 0. The van der Waals surface area contributed by atoms with Gasteiger partial charge in [0.15, 0.2) is 0 Å². The average molecular weight is 418 g/mol. The molecule has 0 saturated carbocycles. The smallest absolute Gasteiger partial charge is 0.263 e. The summed E-state index contributed by atoms with van der Waals surface area (Å²) in [6.07, 6.45) is 0. The Bertz CT molecular complexity index is 1350. The highest BCUT2D eigenvalue weighted by Gasteiger charge is 2.24. The molecule has 0 aliphatic rings. The van der Waals surface area contributed by atoms with Gasteiger partial charge >= 0.3 is 0 Å². The molecule has 0 fully saturated rings. The molecule has 0 aliphatic carbocycles. The Morgan fingerprint density at radius 1 is 1.07 bits per heavy atom. The first-order valence-electron chi connectivity index (χ1n) is 9.75. The van der Waals surface area contributed by atoms with Gasteiger partial charge in [0.2, 0.25) is 5.91 Å². The van der Waals surface area contributed by atoms with Crippen molar-refractivity contribution in [3.63, 3.8) is 0 Å². The van der Waals surface area contributed by atoms with E-state index in [9.17, 15) is 9.59 Å². The molecule has 0 radical (unpaired) electrons. The molecule has 0 bridgehead atoms. The zero-order valence-corrected chi connectivity index (χ0v) is 18.2. The van der Waals surface area contributed by atoms with E-state index in [0.29, 0.717) is 16.0 Å². The highest BCUT2D eigenvalue weighted by molar-refractivity contribution is 7.17. The molecule has 2 N–H and O–H groups in total. The predicted octanol–water partition coefficient (Wildman–Crippen LogP) is 4.76. The lowest BCUT2D eigenvalue weighted by atomic mass is 9.99. The maximum atomic E-state index is 13.7. The number of aryl methyl sites for hydroxylation is 3. The SMILES string of the molecule is Cc1cccc(-c2nc3scc(-c4ccc(C)cc4C)c3c(=O)n2C(C)C(N)=O)c1. The molecule has 152 valence electrons. The molecule has 5 nitrogen and oxygen atoms in total. The third kappa shape index (κ3) is 3.33. The van der Waals surface area contributed by atoms with Gasteiger partial charge in [-0.3, -0.25) is 14.2 Å². The summed E-state index contributed by atoms with van der Waals surface area (Å²) in [6, 6.07) is 13.1. The second-order valence-electron chi connectivity index (χ2n) is 7.71. The third-order valence-corrected chi connectivity index (χ3v) is 6.26. The number of fused-ring (bicyclic) bond motifs is 1. The highest BCUT2D eigenvalue weighted by atomic mass is 32.1. The summed E-state index contributed by atoms with van der Waals surface area (Å²) in [4.78, 5) is 31.2. The second-order valence-corrected chi connectivity index (χ2v) is 8.56. The number of nitrogens with zero attached hydrogens (tertiary/aromatic N) is 2. The molecule has 1 unspecified atom stereocenters. The van der Waals surface area contributed by atoms with Crippen LogP contribution < -0.4 is 11.3 Å². The Hall–Kier alpha value is -3.25. The summed E-state index contributed by atoms with van der Waals surface area (Å²) in [6.45, 7) is 7.69. The lowest BCUT2D eigenvalue weighted by Gasteiger charge is -2.17. The summed E-state index contributed by atoms with van der Waals surface area (Å²) in [5, 5.41) is 2.49. The maximum Gasteiger partial charge on any atom is 0.263 e. The van der Waals surface area contributed by atoms with Gasteiger partial charge in [-0.25, -0.2) is 4.98 Å². The molecule has 2 aromatic carbocycles. The Kier molecular flexibility index (Phi) is 5.03. The zero-order chi connectivity index (χ0) is 21.6. The molecule has 4 aromatic rings. The fourth-order valence-electron chi connectivity index (χ4n) is 3.79. The summed E-state index contributed by atoms with van der Waals surface area (Å²) >= 11 is 1.44. The van der Waals surface area contributed by atoms with Crippen LogP contribution >= 0.6 is 11.3 Å². The number of amides is 1. The first kappa shape index (κ1) is 20.0. The van der Waals surface area contributed by atoms with E-state index >= 15 is 0 Å². The number of carbonyl (C=O) groups excluding carboxylic acids is 1. The quantitative estimate of drug-likeness (QED) is 0.520. The summed E-state index contributed by atoms with van der Waals surface area (Å²) < 4.78 is 1.43. The van der Waals surface area contributed by atoms with Crippen LogP contribution in [0.3, 0.4) is 0 Å². The minimum Gasteiger partial charge on any atom is -0.368 e. The molecule has 2 aromatic heterocycles. The molecule has 4 rings (SSSR count). The van der Waals surface area contributed by atoms with Crippen molar-refractivity contribution >= 4 is 27.5 Å². The standard InChI is InChI=1S/C24H23N3O2S/c1-13-6-5-7-17(11-13)22-26-23-20(24(29)27(22)16(4)21(25)28)19(12-30-23)18-9-8-14(2)10-15(18)3/h5-12,16H,1-4H3,(H2,25,28). The van der Waals surface area contributed by atoms with Crippen LogP contribution in [0.1, 0.15) is 29.7 Å². The van der Waals surface area contributed by atoms with E-state index in [1.807, 2.05) is 62.5 Å². The first-order valence-corrected chi connectivity index (χ1v) is 10.6. The lowest BCUT2D eigenvalue weighted by molar-refractivity contribution is -0.120. The number of thiophene rings is 1. The molecule has 30 heavy (non-hydrogen) atoms. The number of hydrogen-bond acceptors (Lipinski definition) is 4. The lowest BCUT2D eigenvalue weighted by Crippen LogP contribution is -2.33. The van der Waals surface area contributed by atoms with Gasteiger partial charge in [0.1, 0.15) is 16.7 Å². The number of primary amides is 1. The Morgan fingerprint density at radius 2 is 1.80 bits per heavy atom. The van der Waals surface area contributed by atoms with Gasteiger partial charge in [0.25, 0.3) is 5.56 Å². The van der Waals surface area contributed by atoms with Crippen LogP contribution in [-0.4, -0.2) is 15.5 Å². The number of rotatable bonds is 4. The number of carbonyl (C=O) groups is 1. The zero-order valence-electron chi connectivity index (χ0n) is 17.4. The molecule has 0 aliphatic heterocycles. The van der Waals surface area contributed by atoms with E-state index in [1.165, 1.54) is 15.9 Å². The van der Waals surface area contributed by atoms with Crippen LogP contribution in [0.5, 0.6) is 0 Å². The van der Waals surface area contributed by atoms with E-state index in [1.54, 1.807) is 6.92 Å². The van der Waals surface area contributed by atoms with Crippen molar-refractivity contribution in [2.45, 2.75) is 33.7 Å². The molecular formula is C24H23N3O2S. The molecular weight excluding hydrogens is 394 g/mol. The van der Waals surface area contributed by atoms with E-state index in [4.69, 9.17) is 10.7 Å². The van der Waals surface area contributed by atoms with E-state index < -0.39 is 11.9 Å². The van der Waals surface area contributed by atoms with Gasteiger partial charge < -0.3 is 5.73 Å². The maximum absolute atomic E-state index is 13.7. The second kappa shape index (κ2) is 7.54. The van der Waals surface area contributed by atoms with Gasteiger partial charge in [-0.05, 0) is 44.9 Å². The molecule has 0 saturated heterocycles. The molecule has 2 heterocycles. The largest absolute Gasteiger partial charge is 0.368 e. The van der Waals surface area contributed by atoms with Crippen LogP contribution in [-0.2, 0) is 4.79 Å². The van der Waals surface area contributed by atoms with Gasteiger partial charge in [0, 0.05) is 16.5 Å². The van der Waals surface area contributed by atoms with Crippen molar-refractivity contribution in [1.82, 2.24) is 9.55 Å². The minimum atomic E-state index is -0.822. The van der Waals surface area contributed by atoms with Crippen molar-refractivity contribution < 1.29 is 4.79 Å². The fraction of sp³-hybridized carbons (Fsp3) is 0.208. The Balaban J connectivity index is 2.07. The van der Waals surface area contributed by atoms with Gasteiger partial charge in [-0.1, -0.05) is 47.5 Å². The average Bonchev–Trinajstić information content (AvgIpc) is 3.11. The molecule has 1 atom stereocenters. The van der Waals surface area contributed by atoms with Gasteiger partial charge in [-0.15, -0.1) is 11.3 Å². The number of benzene rings is 2. The fourth-order valence-corrected chi connectivity index (χ4v) is 4.72. The highest BCUT2D eigenvalue weighted by Crippen LogP contribution is 2.35. The van der Waals surface area contributed by atoms with E-state index in [0.717, 1.165) is 33.4 Å². The van der Waals surface area contributed by atoms with Crippen molar-refractivity contribution in [2.24, 2.45) is 5.73 Å². The molecule has 0 spiro atoms. The predicted molar refractivity (Wildman–Crippen MR) is 123 cm³/mol.